The maximum absolute atomic E-state index is 13.2. The third-order valence-electron chi connectivity index (χ3n) is 1.82. The van der Waals surface area contributed by atoms with Gasteiger partial charge in [0.1, 0.15) is 0 Å². The van der Waals surface area contributed by atoms with Crippen LogP contribution in [0.2, 0.25) is 0 Å². The van der Waals surface area contributed by atoms with Crippen molar-refractivity contribution in [2.24, 2.45) is 0 Å². The molecule has 0 spiro atoms. The lowest BCUT2D eigenvalue weighted by molar-refractivity contribution is -0.150. The minimum atomic E-state index is -1.47. The molecule has 1 atom stereocenters. The van der Waals surface area contributed by atoms with Gasteiger partial charge in [-0.2, -0.15) is 0 Å². The summed E-state index contributed by atoms with van der Waals surface area (Å²) in [4.78, 5) is 10.7. The standard InChI is InChI=1S/C10H10F2O3/c1-2-15-9(10(13)14)6-4-3-5-7(11)8(6)12/h3-5,9H,2H2,1H3,(H,13,14). The fourth-order valence-corrected chi connectivity index (χ4v) is 1.18. The van der Waals surface area contributed by atoms with E-state index in [1.807, 2.05) is 0 Å². The molecule has 3 nitrogen and oxygen atoms in total. The summed E-state index contributed by atoms with van der Waals surface area (Å²) in [5, 5.41) is 8.76. The summed E-state index contributed by atoms with van der Waals surface area (Å²) in [7, 11) is 0. The first kappa shape index (κ1) is 11.6. The van der Waals surface area contributed by atoms with Crippen molar-refractivity contribution >= 4 is 5.97 Å². The summed E-state index contributed by atoms with van der Waals surface area (Å²) in [6.07, 6.45) is -1.47. The SMILES string of the molecule is CCOC(C(=O)O)c1cccc(F)c1F. The molecular formula is C10H10F2O3. The van der Waals surface area contributed by atoms with Gasteiger partial charge in [0.05, 0.1) is 0 Å². The molecule has 15 heavy (non-hydrogen) atoms. The number of aliphatic carboxylic acids is 1. The number of benzene rings is 1. The minimum Gasteiger partial charge on any atom is -0.479 e. The third-order valence-corrected chi connectivity index (χ3v) is 1.82. The highest BCUT2D eigenvalue weighted by Gasteiger charge is 2.24. The Labute approximate surface area is 85.3 Å². The predicted molar refractivity (Wildman–Crippen MR) is 48.4 cm³/mol. The molecule has 1 aromatic carbocycles. The van der Waals surface area contributed by atoms with E-state index in [0.717, 1.165) is 6.07 Å². The van der Waals surface area contributed by atoms with E-state index in [4.69, 9.17) is 9.84 Å². The zero-order valence-corrected chi connectivity index (χ0v) is 8.04. The number of hydrogen-bond donors (Lipinski definition) is 1. The molecule has 0 fully saturated rings. The van der Waals surface area contributed by atoms with Crippen LogP contribution >= 0.6 is 0 Å². The number of carbonyl (C=O) groups is 1. The summed E-state index contributed by atoms with van der Waals surface area (Å²) >= 11 is 0. The van der Waals surface area contributed by atoms with Crippen LogP contribution < -0.4 is 0 Å². The Bertz CT molecular complexity index is 366. The van der Waals surface area contributed by atoms with Crippen LogP contribution in [0.1, 0.15) is 18.6 Å². The van der Waals surface area contributed by atoms with Gasteiger partial charge in [0, 0.05) is 12.2 Å². The van der Waals surface area contributed by atoms with Crippen molar-refractivity contribution in [1.82, 2.24) is 0 Å². The lowest BCUT2D eigenvalue weighted by Gasteiger charge is -2.13. The van der Waals surface area contributed by atoms with Gasteiger partial charge in [0.15, 0.2) is 17.7 Å². The van der Waals surface area contributed by atoms with E-state index in [9.17, 15) is 13.6 Å². The van der Waals surface area contributed by atoms with E-state index in [1.54, 1.807) is 6.92 Å². The molecule has 0 heterocycles. The molecule has 0 aliphatic carbocycles. The Balaban J connectivity index is 3.11. The lowest BCUT2D eigenvalue weighted by Crippen LogP contribution is -2.17. The number of ether oxygens (including phenoxy) is 1. The molecule has 0 aliphatic heterocycles. The second-order valence-electron chi connectivity index (χ2n) is 2.82. The largest absolute Gasteiger partial charge is 0.479 e. The first-order chi connectivity index (χ1) is 7.07. The first-order valence-corrected chi connectivity index (χ1v) is 4.36. The molecule has 1 rings (SSSR count). The molecule has 0 aliphatic rings. The molecule has 1 N–H and O–H groups in total. The van der Waals surface area contributed by atoms with E-state index in [1.165, 1.54) is 12.1 Å². The first-order valence-electron chi connectivity index (χ1n) is 4.36. The summed E-state index contributed by atoms with van der Waals surface area (Å²) in [5.74, 6) is -3.61. The quantitative estimate of drug-likeness (QED) is 0.838. The summed E-state index contributed by atoms with van der Waals surface area (Å²) in [5.41, 5.74) is -0.302. The Morgan fingerprint density at radius 2 is 2.20 bits per heavy atom. The molecule has 0 aromatic heterocycles. The van der Waals surface area contributed by atoms with Gasteiger partial charge >= 0.3 is 5.97 Å². The Morgan fingerprint density at radius 1 is 1.53 bits per heavy atom. The van der Waals surface area contributed by atoms with Crippen LogP contribution in [0.5, 0.6) is 0 Å². The Kier molecular flexibility index (Phi) is 3.74. The van der Waals surface area contributed by atoms with Crippen molar-refractivity contribution in [3.05, 3.63) is 35.4 Å². The molecular weight excluding hydrogens is 206 g/mol. The van der Waals surface area contributed by atoms with Gasteiger partial charge in [0.2, 0.25) is 0 Å². The average Bonchev–Trinajstić information content (AvgIpc) is 2.19. The molecule has 0 saturated carbocycles. The van der Waals surface area contributed by atoms with E-state index >= 15 is 0 Å². The maximum atomic E-state index is 13.2. The monoisotopic (exact) mass is 216 g/mol. The van der Waals surface area contributed by atoms with Gasteiger partial charge in [-0.05, 0) is 13.0 Å². The second-order valence-corrected chi connectivity index (χ2v) is 2.82. The van der Waals surface area contributed by atoms with Gasteiger partial charge in [-0.15, -0.1) is 0 Å². The Hall–Kier alpha value is -1.49. The molecule has 0 amide bonds. The molecule has 0 radical (unpaired) electrons. The zero-order chi connectivity index (χ0) is 11.4. The summed E-state index contributed by atoms with van der Waals surface area (Å²) in [6, 6.07) is 3.35. The van der Waals surface area contributed by atoms with Crippen molar-refractivity contribution in [2.75, 3.05) is 6.61 Å². The van der Waals surface area contributed by atoms with E-state index in [2.05, 4.69) is 0 Å². The number of halogens is 2. The lowest BCUT2D eigenvalue weighted by atomic mass is 10.1. The van der Waals surface area contributed by atoms with Crippen molar-refractivity contribution in [1.29, 1.82) is 0 Å². The van der Waals surface area contributed by atoms with Crippen molar-refractivity contribution in [3.63, 3.8) is 0 Å². The maximum Gasteiger partial charge on any atom is 0.337 e. The van der Waals surface area contributed by atoms with Crippen LogP contribution in [0.25, 0.3) is 0 Å². The van der Waals surface area contributed by atoms with Gasteiger partial charge in [-0.3, -0.25) is 0 Å². The van der Waals surface area contributed by atoms with Gasteiger partial charge in [-0.25, -0.2) is 13.6 Å². The summed E-state index contributed by atoms with van der Waals surface area (Å²) in [6.45, 7) is 1.68. The van der Waals surface area contributed by atoms with E-state index in [0.29, 0.717) is 0 Å². The molecule has 5 heteroatoms. The topological polar surface area (TPSA) is 46.5 Å². The van der Waals surface area contributed by atoms with Crippen LogP contribution in [0.4, 0.5) is 8.78 Å². The molecule has 82 valence electrons. The van der Waals surface area contributed by atoms with Crippen molar-refractivity contribution < 1.29 is 23.4 Å². The Morgan fingerprint density at radius 3 is 2.73 bits per heavy atom. The fraction of sp³-hybridized carbons (Fsp3) is 0.300. The van der Waals surface area contributed by atoms with Crippen LogP contribution in [0, 0.1) is 11.6 Å². The van der Waals surface area contributed by atoms with Crippen LogP contribution in [-0.2, 0) is 9.53 Å². The molecule has 1 unspecified atom stereocenters. The van der Waals surface area contributed by atoms with Crippen LogP contribution in [0.3, 0.4) is 0 Å². The number of carboxylic acids is 1. The predicted octanol–water partition coefficient (Wildman–Crippen LogP) is 2.13. The van der Waals surface area contributed by atoms with Gasteiger partial charge in [-0.1, -0.05) is 12.1 Å². The average molecular weight is 216 g/mol. The van der Waals surface area contributed by atoms with Crippen molar-refractivity contribution in [2.45, 2.75) is 13.0 Å². The second kappa shape index (κ2) is 4.84. The number of hydrogen-bond acceptors (Lipinski definition) is 2. The third kappa shape index (κ3) is 2.50. The fourth-order valence-electron chi connectivity index (χ4n) is 1.18. The molecule has 0 saturated heterocycles. The zero-order valence-electron chi connectivity index (χ0n) is 8.04. The molecule has 1 aromatic rings. The van der Waals surface area contributed by atoms with Crippen LogP contribution in [0.15, 0.2) is 18.2 Å². The van der Waals surface area contributed by atoms with E-state index in [-0.39, 0.29) is 12.2 Å². The smallest absolute Gasteiger partial charge is 0.337 e. The molecule has 0 bridgehead atoms. The van der Waals surface area contributed by atoms with Crippen molar-refractivity contribution in [3.8, 4) is 0 Å². The highest BCUT2D eigenvalue weighted by atomic mass is 19.2. The van der Waals surface area contributed by atoms with Crippen LogP contribution in [-0.4, -0.2) is 17.7 Å². The van der Waals surface area contributed by atoms with E-state index < -0.39 is 23.7 Å². The minimum absolute atomic E-state index is 0.104. The normalized spacial score (nSPS) is 12.5. The number of rotatable bonds is 4. The highest BCUT2D eigenvalue weighted by Crippen LogP contribution is 2.22. The highest BCUT2D eigenvalue weighted by molar-refractivity contribution is 5.74. The number of carboxylic acid groups (broad SMARTS) is 1. The van der Waals surface area contributed by atoms with Gasteiger partial charge in [0.25, 0.3) is 0 Å². The summed E-state index contributed by atoms with van der Waals surface area (Å²) < 4.78 is 30.9. The van der Waals surface area contributed by atoms with Gasteiger partial charge < -0.3 is 9.84 Å².